The first-order valence-corrected chi connectivity index (χ1v) is 9.79. The molecule has 0 bridgehead atoms. The van der Waals surface area contributed by atoms with Gasteiger partial charge in [-0.15, -0.1) is 23.4 Å². The molecule has 34 heavy (non-hydrogen) atoms. The van der Waals surface area contributed by atoms with Crippen molar-refractivity contribution in [3.05, 3.63) is 71.9 Å². The van der Waals surface area contributed by atoms with Gasteiger partial charge in [0.05, 0.1) is 17.1 Å². The minimum Gasteiger partial charge on any atom is -0.508 e. The van der Waals surface area contributed by atoms with Crippen molar-refractivity contribution in [1.29, 1.82) is 0 Å². The second-order valence-electron chi connectivity index (χ2n) is 7.35. The van der Waals surface area contributed by atoms with Crippen molar-refractivity contribution < 1.29 is 36.2 Å². The Labute approximate surface area is 188 Å². The van der Waals surface area contributed by atoms with Crippen LogP contribution in [0.3, 0.4) is 0 Å². The number of benzene rings is 2. The molecular formula is C22H16F6N4O2. The minimum atomic E-state index is -5.22. The Bertz CT molecular complexity index is 1330. The van der Waals surface area contributed by atoms with Crippen LogP contribution in [0.4, 0.5) is 32.3 Å². The maximum absolute atomic E-state index is 13.1. The minimum absolute atomic E-state index is 0.0678. The Kier molecular flexibility index (Phi) is 5.75. The van der Waals surface area contributed by atoms with E-state index < -0.39 is 23.9 Å². The van der Waals surface area contributed by atoms with Gasteiger partial charge in [0.2, 0.25) is 5.95 Å². The molecule has 4 rings (SSSR count). The van der Waals surface area contributed by atoms with Crippen molar-refractivity contribution in [3.63, 3.8) is 0 Å². The van der Waals surface area contributed by atoms with Gasteiger partial charge in [0, 0.05) is 11.8 Å². The summed E-state index contributed by atoms with van der Waals surface area (Å²) in [6.45, 7) is 1.80. The van der Waals surface area contributed by atoms with Crippen molar-refractivity contribution in [2.45, 2.75) is 25.5 Å². The summed E-state index contributed by atoms with van der Waals surface area (Å²) in [5.74, 6) is -0.753. The predicted molar refractivity (Wildman–Crippen MR) is 110 cm³/mol. The summed E-state index contributed by atoms with van der Waals surface area (Å²) in [4.78, 5) is 0. The van der Waals surface area contributed by atoms with Crippen LogP contribution in [0.5, 0.6) is 11.5 Å². The molecule has 0 saturated carbocycles. The highest BCUT2D eigenvalue weighted by atomic mass is 19.4. The van der Waals surface area contributed by atoms with Crippen LogP contribution in [0.15, 0.2) is 60.8 Å². The summed E-state index contributed by atoms with van der Waals surface area (Å²) in [6, 6.07) is 11.1. The number of ether oxygens (including phenoxy) is 1. The van der Waals surface area contributed by atoms with E-state index in [1.165, 1.54) is 16.5 Å². The monoisotopic (exact) mass is 482 g/mol. The smallest absolute Gasteiger partial charge is 0.508 e. The number of halogens is 6. The van der Waals surface area contributed by atoms with Crippen molar-refractivity contribution >= 4 is 11.5 Å². The largest absolute Gasteiger partial charge is 0.573 e. The molecule has 2 heterocycles. The van der Waals surface area contributed by atoms with Gasteiger partial charge in [-0.05, 0) is 55.0 Å². The summed E-state index contributed by atoms with van der Waals surface area (Å²) in [7, 11) is 0. The molecule has 6 nitrogen and oxygen atoms in total. The molecule has 0 aliphatic carbocycles. The fourth-order valence-electron chi connectivity index (χ4n) is 3.42. The number of fused-ring (bicyclic) bond motifs is 1. The van der Waals surface area contributed by atoms with Crippen molar-refractivity contribution in [2.24, 2.45) is 0 Å². The second kappa shape index (κ2) is 8.43. The topological polar surface area (TPSA) is 71.7 Å². The number of aromatic nitrogens is 3. The maximum atomic E-state index is 13.1. The molecule has 0 spiro atoms. The molecule has 2 aromatic carbocycles. The normalized spacial score (nSPS) is 13.1. The lowest BCUT2D eigenvalue weighted by Crippen LogP contribution is -2.19. The van der Waals surface area contributed by atoms with Crippen LogP contribution in [0.2, 0.25) is 0 Å². The molecule has 178 valence electrons. The molecule has 0 radical (unpaired) electrons. The average molecular weight is 482 g/mol. The summed E-state index contributed by atoms with van der Waals surface area (Å²) in [5.41, 5.74) is -0.696. The van der Waals surface area contributed by atoms with Crippen LogP contribution in [0, 0.1) is 0 Å². The second-order valence-corrected chi connectivity index (χ2v) is 7.35. The third-order valence-electron chi connectivity index (χ3n) is 4.97. The zero-order chi connectivity index (χ0) is 24.7. The van der Waals surface area contributed by atoms with E-state index in [0.29, 0.717) is 6.07 Å². The third kappa shape index (κ3) is 4.85. The molecule has 0 aliphatic rings. The molecule has 0 fully saturated rings. The number of anilines is 1. The van der Waals surface area contributed by atoms with Gasteiger partial charge >= 0.3 is 12.5 Å². The Morgan fingerprint density at radius 1 is 0.971 bits per heavy atom. The number of hydrogen-bond donors (Lipinski definition) is 2. The number of phenols is 1. The molecule has 12 heteroatoms. The number of hydrogen-bond acceptors (Lipinski definition) is 5. The van der Waals surface area contributed by atoms with Gasteiger partial charge in [-0.25, -0.2) is 0 Å². The highest BCUT2D eigenvalue weighted by Crippen LogP contribution is 2.40. The Balaban J connectivity index is 1.77. The first-order valence-electron chi connectivity index (χ1n) is 9.79. The lowest BCUT2D eigenvalue weighted by Gasteiger charge is -2.18. The van der Waals surface area contributed by atoms with E-state index in [2.05, 4.69) is 20.3 Å². The molecule has 1 unspecified atom stereocenters. The van der Waals surface area contributed by atoms with Gasteiger partial charge in [0.1, 0.15) is 17.2 Å². The van der Waals surface area contributed by atoms with Gasteiger partial charge in [-0.3, -0.25) is 4.40 Å². The standard InChI is InChI=1S/C22H16F6N4O2/c1-12(13-4-2-5-15(33)10-13)29-20-31-30-19(17-6-3-9-32(17)20)16-8-7-14(21(23,24)25)11-18(16)34-22(26,27)28/h2-12,33H,1H3,(H,29,31). The van der Waals surface area contributed by atoms with Crippen LogP contribution in [0.25, 0.3) is 16.8 Å². The Morgan fingerprint density at radius 2 is 1.74 bits per heavy atom. The zero-order valence-corrected chi connectivity index (χ0v) is 17.3. The van der Waals surface area contributed by atoms with E-state index in [-0.39, 0.29) is 40.6 Å². The number of nitrogens with one attached hydrogen (secondary N) is 1. The van der Waals surface area contributed by atoms with Crippen LogP contribution in [-0.4, -0.2) is 26.1 Å². The van der Waals surface area contributed by atoms with Crippen LogP contribution in [-0.2, 0) is 6.18 Å². The predicted octanol–water partition coefficient (Wildman–Crippen LogP) is 6.19. The van der Waals surface area contributed by atoms with Crippen LogP contribution < -0.4 is 10.1 Å². The summed E-state index contributed by atoms with van der Waals surface area (Å²) in [5, 5.41) is 20.8. The molecule has 1 atom stereocenters. The Hall–Kier alpha value is -3.96. The number of phenolic OH excluding ortho intramolecular Hbond substituents is 1. The number of rotatable bonds is 5. The van der Waals surface area contributed by atoms with E-state index in [0.717, 1.165) is 11.6 Å². The lowest BCUT2D eigenvalue weighted by molar-refractivity contribution is -0.274. The maximum Gasteiger partial charge on any atom is 0.573 e. The number of aromatic hydroxyl groups is 1. The SMILES string of the molecule is CC(Nc1nnc(-c2ccc(C(F)(F)F)cc2OC(F)(F)F)c2cccn12)c1cccc(O)c1. The van der Waals surface area contributed by atoms with Crippen LogP contribution in [0.1, 0.15) is 24.1 Å². The van der Waals surface area contributed by atoms with E-state index in [1.807, 2.05) is 0 Å². The molecule has 0 aliphatic heterocycles. The van der Waals surface area contributed by atoms with Gasteiger partial charge in [-0.2, -0.15) is 13.2 Å². The van der Waals surface area contributed by atoms with E-state index in [9.17, 15) is 31.4 Å². The molecule has 2 N–H and O–H groups in total. The first-order chi connectivity index (χ1) is 15.9. The number of alkyl halides is 6. The van der Waals surface area contributed by atoms with E-state index >= 15 is 0 Å². The average Bonchev–Trinajstić information content (AvgIpc) is 3.23. The highest BCUT2D eigenvalue weighted by molar-refractivity contribution is 5.81. The zero-order valence-electron chi connectivity index (χ0n) is 17.3. The molecular weight excluding hydrogens is 466 g/mol. The Morgan fingerprint density at radius 3 is 2.41 bits per heavy atom. The summed E-state index contributed by atoms with van der Waals surface area (Å²) < 4.78 is 83.5. The van der Waals surface area contributed by atoms with Crippen molar-refractivity contribution in [2.75, 3.05) is 5.32 Å². The summed E-state index contributed by atoms with van der Waals surface area (Å²) in [6.07, 6.45) is -8.52. The van der Waals surface area contributed by atoms with E-state index in [1.54, 1.807) is 37.4 Å². The third-order valence-corrected chi connectivity index (χ3v) is 4.97. The summed E-state index contributed by atoms with van der Waals surface area (Å²) >= 11 is 0. The highest BCUT2D eigenvalue weighted by Gasteiger charge is 2.36. The molecule has 2 aromatic heterocycles. The van der Waals surface area contributed by atoms with Crippen molar-refractivity contribution in [1.82, 2.24) is 14.6 Å². The molecule has 0 amide bonds. The van der Waals surface area contributed by atoms with Crippen LogP contribution >= 0.6 is 0 Å². The lowest BCUT2D eigenvalue weighted by atomic mass is 10.1. The van der Waals surface area contributed by atoms with E-state index in [4.69, 9.17) is 0 Å². The fourth-order valence-corrected chi connectivity index (χ4v) is 3.42. The van der Waals surface area contributed by atoms with Gasteiger partial charge in [0.25, 0.3) is 0 Å². The van der Waals surface area contributed by atoms with Crippen molar-refractivity contribution in [3.8, 4) is 22.8 Å². The molecule has 4 aromatic rings. The fraction of sp³-hybridized carbons (Fsp3) is 0.182. The van der Waals surface area contributed by atoms with Gasteiger partial charge in [-0.1, -0.05) is 12.1 Å². The number of nitrogens with zero attached hydrogens (tertiary/aromatic N) is 3. The quantitative estimate of drug-likeness (QED) is 0.332. The first kappa shape index (κ1) is 23.2. The van der Waals surface area contributed by atoms with Gasteiger partial charge in [0.15, 0.2) is 0 Å². The van der Waals surface area contributed by atoms with Gasteiger partial charge < -0.3 is 15.2 Å². The molecule has 0 saturated heterocycles.